The van der Waals surface area contributed by atoms with Crippen LogP contribution in [0.2, 0.25) is 5.02 Å². The number of amides is 1. The van der Waals surface area contributed by atoms with Gasteiger partial charge in [-0.3, -0.25) is 9.69 Å². The van der Waals surface area contributed by atoms with Gasteiger partial charge < -0.3 is 15.8 Å². The van der Waals surface area contributed by atoms with Crippen LogP contribution in [0.15, 0.2) is 23.4 Å². The second-order valence-electron chi connectivity index (χ2n) is 5.10. The van der Waals surface area contributed by atoms with E-state index in [1.165, 1.54) is 0 Å². The van der Waals surface area contributed by atoms with Gasteiger partial charge in [0.2, 0.25) is 0 Å². The van der Waals surface area contributed by atoms with Gasteiger partial charge in [0.25, 0.3) is 5.91 Å². The van der Waals surface area contributed by atoms with E-state index in [-0.39, 0.29) is 11.7 Å². The molecule has 1 fully saturated rings. The summed E-state index contributed by atoms with van der Waals surface area (Å²) in [5, 5.41) is 12.0. The summed E-state index contributed by atoms with van der Waals surface area (Å²) in [5.41, 5.74) is 6.93. The van der Waals surface area contributed by atoms with E-state index in [0.717, 1.165) is 5.56 Å². The predicted octanol–water partition coefficient (Wildman–Crippen LogP) is 1.15. The van der Waals surface area contributed by atoms with Gasteiger partial charge in [0.05, 0.1) is 17.1 Å². The lowest BCUT2D eigenvalue weighted by Gasteiger charge is -2.34. The Morgan fingerprint density at radius 2 is 2.05 bits per heavy atom. The van der Waals surface area contributed by atoms with Gasteiger partial charge in [-0.05, 0) is 18.6 Å². The molecular formula is C14H19ClN4O2. The van der Waals surface area contributed by atoms with E-state index in [0.29, 0.717) is 43.3 Å². The first-order valence-electron chi connectivity index (χ1n) is 6.76. The van der Waals surface area contributed by atoms with Gasteiger partial charge in [0.1, 0.15) is 0 Å². The third kappa shape index (κ3) is 3.65. The number of rotatable bonds is 3. The number of hydrogen-bond donors (Lipinski definition) is 2. The van der Waals surface area contributed by atoms with Gasteiger partial charge >= 0.3 is 0 Å². The fourth-order valence-corrected chi connectivity index (χ4v) is 2.56. The number of benzene rings is 1. The molecule has 7 heteroatoms. The number of halogens is 1. The third-order valence-corrected chi connectivity index (χ3v) is 4.10. The molecule has 21 heavy (non-hydrogen) atoms. The minimum absolute atomic E-state index is 0.0489. The highest BCUT2D eigenvalue weighted by atomic mass is 35.5. The zero-order valence-corrected chi connectivity index (χ0v) is 12.7. The summed E-state index contributed by atoms with van der Waals surface area (Å²) in [5.74, 6) is 0.128. The van der Waals surface area contributed by atoms with Crippen LogP contribution in [0.5, 0.6) is 0 Å². The van der Waals surface area contributed by atoms with Crippen molar-refractivity contribution >= 4 is 23.3 Å². The lowest BCUT2D eigenvalue weighted by molar-refractivity contribution is 0.0653. The van der Waals surface area contributed by atoms with Gasteiger partial charge in [0, 0.05) is 26.2 Å². The number of aryl methyl sites for hydroxylation is 1. The first-order valence-corrected chi connectivity index (χ1v) is 7.14. The van der Waals surface area contributed by atoms with E-state index in [1.54, 1.807) is 11.0 Å². The molecule has 1 saturated heterocycles. The van der Waals surface area contributed by atoms with Crippen LogP contribution in [0.1, 0.15) is 15.9 Å². The second kappa shape index (κ2) is 6.78. The van der Waals surface area contributed by atoms with Crippen LogP contribution in [0.3, 0.4) is 0 Å². The Balaban J connectivity index is 1.99. The van der Waals surface area contributed by atoms with Gasteiger partial charge in [-0.15, -0.1) is 0 Å². The average Bonchev–Trinajstić information content (AvgIpc) is 2.50. The van der Waals surface area contributed by atoms with Crippen LogP contribution < -0.4 is 5.73 Å². The number of piperazine rings is 1. The van der Waals surface area contributed by atoms with E-state index in [9.17, 15) is 4.79 Å². The highest BCUT2D eigenvalue weighted by Crippen LogP contribution is 2.22. The lowest BCUT2D eigenvalue weighted by Crippen LogP contribution is -2.50. The molecule has 0 saturated carbocycles. The molecule has 0 bridgehead atoms. The van der Waals surface area contributed by atoms with Crippen LogP contribution in [0.25, 0.3) is 0 Å². The monoisotopic (exact) mass is 310 g/mol. The Kier molecular flexibility index (Phi) is 5.03. The largest absolute Gasteiger partial charge is 0.409 e. The highest BCUT2D eigenvalue weighted by molar-refractivity contribution is 6.34. The fraction of sp³-hybridized carbons (Fsp3) is 0.429. The SMILES string of the molecule is Cc1cccc(C(=O)N2CCN(C/C(N)=N/O)CC2)c1Cl. The average molecular weight is 311 g/mol. The van der Waals surface area contributed by atoms with Crippen molar-refractivity contribution < 1.29 is 10.0 Å². The lowest BCUT2D eigenvalue weighted by atomic mass is 10.1. The van der Waals surface area contributed by atoms with E-state index < -0.39 is 0 Å². The zero-order valence-electron chi connectivity index (χ0n) is 11.9. The minimum Gasteiger partial charge on any atom is -0.409 e. The molecule has 0 unspecified atom stereocenters. The van der Waals surface area contributed by atoms with E-state index >= 15 is 0 Å². The molecule has 0 radical (unpaired) electrons. The van der Waals surface area contributed by atoms with Gasteiger partial charge in [-0.1, -0.05) is 28.9 Å². The summed E-state index contributed by atoms with van der Waals surface area (Å²) >= 11 is 6.21. The van der Waals surface area contributed by atoms with E-state index in [1.807, 2.05) is 24.0 Å². The standard InChI is InChI=1S/C14H19ClN4O2/c1-10-3-2-4-11(13(10)15)14(20)19-7-5-18(6-8-19)9-12(16)17-21/h2-4,21H,5-9H2,1H3,(H2,16,17). The van der Waals surface area contributed by atoms with Crippen molar-refractivity contribution in [2.75, 3.05) is 32.7 Å². The topological polar surface area (TPSA) is 82.2 Å². The number of hydrogen-bond acceptors (Lipinski definition) is 4. The summed E-state index contributed by atoms with van der Waals surface area (Å²) < 4.78 is 0. The number of amidine groups is 1. The third-order valence-electron chi connectivity index (χ3n) is 3.60. The molecule has 0 aliphatic carbocycles. The Hall–Kier alpha value is -1.79. The quantitative estimate of drug-likeness (QED) is 0.380. The fourth-order valence-electron chi connectivity index (χ4n) is 2.35. The van der Waals surface area contributed by atoms with Crippen molar-refractivity contribution in [2.24, 2.45) is 10.9 Å². The van der Waals surface area contributed by atoms with Crippen molar-refractivity contribution in [1.29, 1.82) is 0 Å². The first kappa shape index (κ1) is 15.6. The Morgan fingerprint density at radius 3 is 2.67 bits per heavy atom. The predicted molar refractivity (Wildman–Crippen MR) is 81.9 cm³/mol. The normalized spacial score (nSPS) is 17.0. The molecular weight excluding hydrogens is 292 g/mol. The molecule has 6 nitrogen and oxygen atoms in total. The van der Waals surface area contributed by atoms with Crippen LogP contribution in [0, 0.1) is 6.92 Å². The molecule has 1 aromatic carbocycles. The number of nitrogens with two attached hydrogens (primary N) is 1. The minimum atomic E-state index is -0.0489. The van der Waals surface area contributed by atoms with Crippen LogP contribution >= 0.6 is 11.6 Å². The molecule has 1 amide bonds. The maximum absolute atomic E-state index is 12.5. The second-order valence-corrected chi connectivity index (χ2v) is 5.47. The number of carbonyl (C=O) groups excluding carboxylic acids is 1. The Bertz CT molecular complexity index is 554. The van der Waals surface area contributed by atoms with Gasteiger partial charge in [-0.25, -0.2) is 0 Å². The summed E-state index contributed by atoms with van der Waals surface area (Å²) in [6, 6.07) is 5.47. The smallest absolute Gasteiger partial charge is 0.255 e. The molecule has 0 atom stereocenters. The van der Waals surface area contributed by atoms with Crippen LogP contribution in [0.4, 0.5) is 0 Å². The maximum Gasteiger partial charge on any atom is 0.255 e. The molecule has 1 aliphatic rings. The van der Waals surface area contributed by atoms with Gasteiger partial charge in [0.15, 0.2) is 5.84 Å². The first-order chi connectivity index (χ1) is 10.0. The number of carbonyl (C=O) groups is 1. The molecule has 1 aliphatic heterocycles. The summed E-state index contributed by atoms with van der Waals surface area (Å²) in [6.07, 6.45) is 0. The molecule has 3 N–H and O–H groups in total. The van der Waals surface area contributed by atoms with Crippen LogP contribution in [-0.2, 0) is 0 Å². The molecule has 1 aromatic rings. The molecule has 114 valence electrons. The van der Waals surface area contributed by atoms with Crippen molar-refractivity contribution in [1.82, 2.24) is 9.80 Å². The zero-order chi connectivity index (χ0) is 15.4. The van der Waals surface area contributed by atoms with Crippen LogP contribution in [-0.4, -0.2) is 59.5 Å². The molecule has 0 spiro atoms. The summed E-state index contributed by atoms with van der Waals surface area (Å²) in [4.78, 5) is 16.3. The van der Waals surface area contributed by atoms with Crippen molar-refractivity contribution in [3.8, 4) is 0 Å². The molecule has 1 heterocycles. The highest BCUT2D eigenvalue weighted by Gasteiger charge is 2.24. The molecule has 2 rings (SSSR count). The summed E-state index contributed by atoms with van der Waals surface area (Å²) in [6.45, 7) is 4.86. The van der Waals surface area contributed by atoms with Crippen molar-refractivity contribution in [3.63, 3.8) is 0 Å². The van der Waals surface area contributed by atoms with Crippen molar-refractivity contribution in [3.05, 3.63) is 34.3 Å². The Labute approximate surface area is 128 Å². The van der Waals surface area contributed by atoms with E-state index in [4.69, 9.17) is 22.5 Å². The summed E-state index contributed by atoms with van der Waals surface area (Å²) in [7, 11) is 0. The van der Waals surface area contributed by atoms with Gasteiger partial charge in [-0.2, -0.15) is 0 Å². The number of oxime groups is 1. The van der Waals surface area contributed by atoms with Crippen molar-refractivity contribution in [2.45, 2.75) is 6.92 Å². The molecule has 0 aromatic heterocycles. The maximum atomic E-state index is 12.5. The van der Waals surface area contributed by atoms with E-state index in [2.05, 4.69) is 5.16 Å². The Morgan fingerprint density at radius 1 is 1.38 bits per heavy atom. The number of nitrogens with zero attached hydrogens (tertiary/aromatic N) is 3.